The Labute approximate surface area is 166 Å². The van der Waals surface area contributed by atoms with Crippen molar-refractivity contribution in [2.45, 2.75) is 27.3 Å². The van der Waals surface area contributed by atoms with E-state index < -0.39 is 5.82 Å². The lowest BCUT2D eigenvalue weighted by Gasteiger charge is -2.14. The summed E-state index contributed by atoms with van der Waals surface area (Å²) >= 11 is 0. The minimum atomic E-state index is -0.403. The number of fused-ring (bicyclic) bond motifs is 2. The third kappa shape index (κ3) is 3.38. The van der Waals surface area contributed by atoms with Crippen LogP contribution in [-0.4, -0.2) is 15.5 Å². The first-order valence-electron chi connectivity index (χ1n) is 9.40. The van der Waals surface area contributed by atoms with E-state index in [-0.39, 0.29) is 11.3 Å². The fourth-order valence-corrected chi connectivity index (χ4v) is 3.69. The van der Waals surface area contributed by atoms with Crippen LogP contribution in [0.25, 0.3) is 21.8 Å². The molecule has 0 saturated carbocycles. The lowest BCUT2D eigenvalue weighted by molar-refractivity contribution is 0.102. The highest BCUT2D eigenvalue weighted by Crippen LogP contribution is 2.25. The number of hydrogen-bond acceptors (Lipinski definition) is 3. The summed E-state index contributed by atoms with van der Waals surface area (Å²) in [5.74, 6) is -0.772. The Morgan fingerprint density at radius 2 is 1.86 bits per heavy atom. The number of nitrogens with one attached hydrogen (secondary N) is 1. The molecule has 0 radical (unpaired) electrons. The maximum absolute atomic E-state index is 13.7. The van der Waals surface area contributed by atoms with E-state index in [9.17, 15) is 14.0 Å². The maximum Gasteiger partial charge on any atom is 0.255 e. The smallest absolute Gasteiger partial charge is 0.255 e. The van der Waals surface area contributed by atoms with Crippen molar-refractivity contribution < 1.29 is 9.18 Å². The van der Waals surface area contributed by atoms with Gasteiger partial charge in [-0.25, -0.2) is 4.39 Å². The van der Waals surface area contributed by atoms with Crippen LogP contribution in [0.4, 0.5) is 10.1 Å². The SMILES string of the molecule is CCn1c(C)cc(=O)c2cc(C(=O)Nc3cc(C)nc4ccc(F)cc34)ccc21. The molecule has 1 N–H and O–H groups in total. The van der Waals surface area contributed by atoms with E-state index in [4.69, 9.17) is 0 Å². The number of halogens is 1. The number of pyridine rings is 2. The van der Waals surface area contributed by atoms with Crippen LogP contribution < -0.4 is 10.7 Å². The molecule has 4 rings (SSSR count). The molecule has 0 aliphatic heterocycles. The van der Waals surface area contributed by atoms with E-state index in [0.717, 1.165) is 17.8 Å². The third-order valence-corrected chi connectivity index (χ3v) is 5.04. The van der Waals surface area contributed by atoms with Crippen molar-refractivity contribution in [3.05, 3.63) is 81.5 Å². The summed E-state index contributed by atoms with van der Waals surface area (Å²) in [6.07, 6.45) is 0. The predicted octanol–water partition coefficient (Wildman–Crippen LogP) is 4.58. The second-order valence-electron chi connectivity index (χ2n) is 7.05. The molecule has 0 bridgehead atoms. The summed E-state index contributed by atoms with van der Waals surface area (Å²) in [4.78, 5) is 29.7. The molecular formula is C23H20FN3O2. The predicted molar refractivity (Wildman–Crippen MR) is 113 cm³/mol. The number of carbonyl (C=O) groups is 1. The van der Waals surface area contributed by atoms with Crippen molar-refractivity contribution in [2.75, 3.05) is 5.32 Å². The molecule has 146 valence electrons. The fourth-order valence-electron chi connectivity index (χ4n) is 3.69. The Morgan fingerprint density at radius 1 is 1.07 bits per heavy atom. The molecule has 2 heterocycles. The fraction of sp³-hybridized carbons (Fsp3) is 0.174. The highest BCUT2D eigenvalue weighted by Gasteiger charge is 2.13. The number of anilines is 1. The number of benzene rings is 2. The largest absolute Gasteiger partial charge is 0.345 e. The van der Waals surface area contributed by atoms with E-state index in [2.05, 4.69) is 10.3 Å². The van der Waals surface area contributed by atoms with Gasteiger partial charge in [-0.05, 0) is 63.2 Å². The molecule has 0 atom stereocenters. The zero-order valence-corrected chi connectivity index (χ0v) is 16.4. The molecule has 5 nitrogen and oxygen atoms in total. The lowest BCUT2D eigenvalue weighted by atomic mass is 10.1. The van der Waals surface area contributed by atoms with Crippen LogP contribution in [0.1, 0.15) is 28.7 Å². The monoisotopic (exact) mass is 389 g/mol. The number of nitrogens with zero attached hydrogens (tertiary/aromatic N) is 2. The van der Waals surface area contributed by atoms with Crippen molar-refractivity contribution in [3.8, 4) is 0 Å². The van der Waals surface area contributed by atoms with Gasteiger partial charge in [0, 0.05) is 40.3 Å². The molecule has 0 spiro atoms. The lowest BCUT2D eigenvalue weighted by Crippen LogP contribution is -2.15. The van der Waals surface area contributed by atoms with Gasteiger partial charge < -0.3 is 9.88 Å². The summed E-state index contributed by atoms with van der Waals surface area (Å²) in [5.41, 5.74) is 3.70. The average Bonchev–Trinajstić information content (AvgIpc) is 2.68. The van der Waals surface area contributed by atoms with Gasteiger partial charge in [-0.15, -0.1) is 0 Å². The molecule has 29 heavy (non-hydrogen) atoms. The van der Waals surface area contributed by atoms with Crippen LogP contribution in [0.2, 0.25) is 0 Å². The van der Waals surface area contributed by atoms with Crippen molar-refractivity contribution >= 4 is 33.4 Å². The Bertz CT molecular complexity index is 1340. The summed E-state index contributed by atoms with van der Waals surface area (Å²) in [6.45, 7) is 6.43. The normalized spacial score (nSPS) is 11.2. The number of carbonyl (C=O) groups excluding carboxylic acids is 1. The molecule has 0 aliphatic carbocycles. The second kappa shape index (κ2) is 7.13. The number of amides is 1. The first-order valence-corrected chi connectivity index (χ1v) is 9.40. The molecule has 2 aromatic heterocycles. The standard InChI is InChI=1S/C23H20FN3O2/c1-4-27-14(3)10-22(28)18-11-15(5-8-21(18)27)23(29)26-20-9-13(2)25-19-7-6-16(24)12-17(19)20/h5-12H,4H2,1-3H3,(H,25,26,29). The first-order chi connectivity index (χ1) is 13.9. The summed E-state index contributed by atoms with van der Waals surface area (Å²) < 4.78 is 15.8. The number of aryl methyl sites for hydroxylation is 3. The van der Waals surface area contributed by atoms with Crippen molar-refractivity contribution in [1.29, 1.82) is 0 Å². The van der Waals surface area contributed by atoms with Gasteiger partial charge in [0.25, 0.3) is 5.91 Å². The summed E-state index contributed by atoms with van der Waals surface area (Å²) in [5, 5.41) is 3.85. The Morgan fingerprint density at radius 3 is 2.62 bits per heavy atom. The minimum Gasteiger partial charge on any atom is -0.345 e. The van der Waals surface area contributed by atoms with Crippen LogP contribution in [0, 0.1) is 19.7 Å². The number of aromatic nitrogens is 2. The van der Waals surface area contributed by atoms with E-state index in [1.807, 2.05) is 25.3 Å². The molecule has 0 unspecified atom stereocenters. The van der Waals surface area contributed by atoms with Crippen molar-refractivity contribution in [2.24, 2.45) is 0 Å². The van der Waals surface area contributed by atoms with Gasteiger partial charge in [0.1, 0.15) is 5.82 Å². The van der Waals surface area contributed by atoms with Crippen molar-refractivity contribution in [1.82, 2.24) is 9.55 Å². The summed E-state index contributed by atoms with van der Waals surface area (Å²) in [6, 6.07) is 12.6. The quantitative estimate of drug-likeness (QED) is 0.558. The molecule has 1 amide bonds. The van der Waals surface area contributed by atoms with E-state index >= 15 is 0 Å². The van der Waals surface area contributed by atoms with Crippen LogP contribution in [0.15, 0.2) is 53.3 Å². The molecular weight excluding hydrogens is 369 g/mol. The molecule has 0 fully saturated rings. The van der Waals surface area contributed by atoms with Gasteiger partial charge in [0.15, 0.2) is 5.43 Å². The highest BCUT2D eigenvalue weighted by atomic mass is 19.1. The van der Waals surface area contributed by atoms with Crippen LogP contribution in [0.3, 0.4) is 0 Å². The van der Waals surface area contributed by atoms with E-state index in [1.54, 1.807) is 36.4 Å². The van der Waals surface area contributed by atoms with Gasteiger partial charge >= 0.3 is 0 Å². The summed E-state index contributed by atoms with van der Waals surface area (Å²) in [7, 11) is 0. The van der Waals surface area contributed by atoms with Gasteiger partial charge in [-0.3, -0.25) is 14.6 Å². The topological polar surface area (TPSA) is 64.0 Å². The molecule has 4 aromatic rings. The average molecular weight is 389 g/mol. The zero-order chi connectivity index (χ0) is 20.7. The molecule has 2 aromatic carbocycles. The van der Waals surface area contributed by atoms with Crippen LogP contribution >= 0.6 is 0 Å². The molecule has 0 aliphatic rings. The van der Waals surface area contributed by atoms with Gasteiger partial charge in [-0.1, -0.05) is 0 Å². The highest BCUT2D eigenvalue weighted by molar-refractivity contribution is 6.10. The zero-order valence-electron chi connectivity index (χ0n) is 16.4. The minimum absolute atomic E-state index is 0.121. The number of rotatable bonds is 3. The van der Waals surface area contributed by atoms with Gasteiger partial charge in [0.05, 0.1) is 16.7 Å². The maximum atomic E-state index is 13.7. The molecule has 0 saturated heterocycles. The Kier molecular flexibility index (Phi) is 4.62. The van der Waals surface area contributed by atoms with Gasteiger partial charge in [-0.2, -0.15) is 0 Å². The van der Waals surface area contributed by atoms with Crippen LogP contribution in [0.5, 0.6) is 0 Å². The third-order valence-electron chi connectivity index (χ3n) is 5.04. The second-order valence-corrected chi connectivity index (χ2v) is 7.05. The van der Waals surface area contributed by atoms with E-state index in [1.165, 1.54) is 12.1 Å². The van der Waals surface area contributed by atoms with Crippen LogP contribution in [-0.2, 0) is 6.54 Å². The van der Waals surface area contributed by atoms with E-state index in [0.29, 0.717) is 33.2 Å². The Hall–Kier alpha value is -3.54. The first kappa shape index (κ1) is 18.8. The van der Waals surface area contributed by atoms with Crippen molar-refractivity contribution in [3.63, 3.8) is 0 Å². The van der Waals surface area contributed by atoms with Gasteiger partial charge in [0.2, 0.25) is 0 Å². The Balaban J connectivity index is 1.78. The molecule has 6 heteroatoms. The number of hydrogen-bond donors (Lipinski definition) is 1.